The lowest BCUT2D eigenvalue weighted by atomic mass is 10.1. The summed E-state index contributed by atoms with van der Waals surface area (Å²) in [6, 6.07) is 10.5. The second-order valence-corrected chi connectivity index (χ2v) is 4.99. The number of aryl methyl sites for hydroxylation is 1. The molecule has 2 rings (SSSR count). The van der Waals surface area contributed by atoms with Gasteiger partial charge in [0.1, 0.15) is 5.82 Å². The molecule has 3 nitrogen and oxygen atoms in total. The van der Waals surface area contributed by atoms with E-state index in [4.69, 9.17) is 4.98 Å². The quantitative estimate of drug-likeness (QED) is 0.806. The molecule has 1 aromatic heterocycles. The number of rotatable bonds is 6. The second-order valence-electron chi connectivity index (χ2n) is 4.99. The molecule has 0 aliphatic carbocycles. The number of nitrogens with zero attached hydrogens (tertiary/aromatic N) is 2. The van der Waals surface area contributed by atoms with E-state index in [9.17, 15) is 0 Å². The van der Waals surface area contributed by atoms with Crippen LogP contribution in [0.5, 0.6) is 0 Å². The highest BCUT2D eigenvalue weighted by Crippen LogP contribution is 2.21. The van der Waals surface area contributed by atoms with E-state index in [0.29, 0.717) is 0 Å². The first-order chi connectivity index (χ1) is 9.22. The molecular weight excluding hydrogens is 234 g/mol. The fourth-order valence-corrected chi connectivity index (χ4v) is 2.25. The van der Waals surface area contributed by atoms with Crippen LogP contribution in [0.4, 0.5) is 5.82 Å². The van der Waals surface area contributed by atoms with Crippen molar-refractivity contribution >= 4 is 16.7 Å². The van der Waals surface area contributed by atoms with Gasteiger partial charge in [-0.3, -0.25) is 0 Å². The smallest absolute Gasteiger partial charge is 0.131 e. The summed E-state index contributed by atoms with van der Waals surface area (Å²) in [6.07, 6.45) is 1.18. The lowest BCUT2D eigenvalue weighted by molar-refractivity contribution is 0.664. The topological polar surface area (TPSA) is 28.2 Å². The van der Waals surface area contributed by atoms with E-state index < -0.39 is 0 Å². The molecule has 102 valence electrons. The standard InChI is InChI=1S/C16H23N3/c1-4-9-17-10-11-19(3)16-13(2)12-14-7-5-6-8-15(14)18-16/h5-8,12,17H,4,9-11H2,1-3H3. The fraction of sp³-hybridized carbons (Fsp3) is 0.438. The Morgan fingerprint density at radius 1 is 1.21 bits per heavy atom. The van der Waals surface area contributed by atoms with E-state index in [1.807, 2.05) is 6.07 Å². The number of hydrogen-bond acceptors (Lipinski definition) is 3. The SMILES string of the molecule is CCCNCCN(C)c1nc2ccccc2cc1C. The maximum Gasteiger partial charge on any atom is 0.131 e. The van der Waals surface area contributed by atoms with Crippen LogP contribution in [0.15, 0.2) is 30.3 Å². The predicted molar refractivity (Wildman–Crippen MR) is 82.9 cm³/mol. The summed E-state index contributed by atoms with van der Waals surface area (Å²) >= 11 is 0. The lowest BCUT2D eigenvalue weighted by Crippen LogP contribution is -2.30. The molecule has 0 bridgehead atoms. The van der Waals surface area contributed by atoms with Gasteiger partial charge in [0.2, 0.25) is 0 Å². The summed E-state index contributed by atoms with van der Waals surface area (Å²) in [5, 5.41) is 4.63. The Kier molecular flexibility index (Phi) is 4.74. The molecule has 0 unspecified atom stereocenters. The minimum atomic E-state index is 0.978. The molecule has 1 aromatic carbocycles. The summed E-state index contributed by atoms with van der Waals surface area (Å²) in [6.45, 7) is 7.37. The highest BCUT2D eigenvalue weighted by molar-refractivity contribution is 5.81. The maximum atomic E-state index is 4.77. The van der Waals surface area contributed by atoms with Gasteiger partial charge in [-0.1, -0.05) is 25.1 Å². The number of hydrogen-bond donors (Lipinski definition) is 1. The molecule has 0 saturated heterocycles. The largest absolute Gasteiger partial charge is 0.358 e. The third-order valence-corrected chi connectivity index (χ3v) is 3.30. The number of para-hydroxylation sites is 1. The molecule has 0 spiro atoms. The van der Waals surface area contributed by atoms with Crippen molar-refractivity contribution in [2.75, 3.05) is 31.6 Å². The summed E-state index contributed by atoms with van der Waals surface area (Å²) in [4.78, 5) is 7.00. The lowest BCUT2D eigenvalue weighted by Gasteiger charge is -2.21. The average molecular weight is 257 g/mol. The first-order valence-corrected chi connectivity index (χ1v) is 7.00. The molecule has 3 heteroatoms. The number of pyridine rings is 1. The van der Waals surface area contributed by atoms with Crippen molar-refractivity contribution in [1.82, 2.24) is 10.3 Å². The molecule has 0 atom stereocenters. The van der Waals surface area contributed by atoms with Gasteiger partial charge in [-0.05, 0) is 37.6 Å². The molecule has 0 radical (unpaired) electrons. The zero-order valence-electron chi connectivity index (χ0n) is 12.1. The van der Waals surface area contributed by atoms with Crippen molar-refractivity contribution in [2.24, 2.45) is 0 Å². The van der Waals surface area contributed by atoms with E-state index in [1.165, 1.54) is 17.4 Å². The second kappa shape index (κ2) is 6.53. The first kappa shape index (κ1) is 13.8. The van der Waals surface area contributed by atoms with Gasteiger partial charge in [0.05, 0.1) is 5.52 Å². The van der Waals surface area contributed by atoms with E-state index in [2.05, 4.69) is 55.4 Å². The van der Waals surface area contributed by atoms with Gasteiger partial charge in [0.15, 0.2) is 0 Å². The Morgan fingerprint density at radius 3 is 2.79 bits per heavy atom. The third kappa shape index (κ3) is 3.44. The Bertz CT molecular complexity index is 537. The normalized spacial score (nSPS) is 10.9. The van der Waals surface area contributed by atoms with Gasteiger partial charge in [-0.2, -0.15) is 0 Å². The van der Waals surface area contributed by atoms with Crippen LogP contribution >= 0.6 is 0 Å². The zero-order valence-corrected chi connectivity index (χ0v) is 12.1. The minimum absolute atomic E-state index is 0.978. The van der Waals surface area contributed by atoms with Gasteiger partial charge >= 0.3 is 0 Å². The van der Waals surface area contributed by atoms with Crippen molar-refractivity contribution in [3.8, 4) is 0 Å². The first-order valence-electron chi connectivity index (χ1n) is 7.00. The molecule has 1 N–H and O–H groups in total. The molecule has 0 amide bonds. The van der Waals surface area contributed by atoms with E-state index in [-0.39, 0.29) is 0 Å². The van der Waals surface area contributed by atoms with Crippen molar-refractivity contribution < 1.29 is 0 Å². The van der Waals surface area contributed by atoms with Crippen molar-refractivity contribution in [1.29, 1.82) is 0 Å². The van der Waals surface area contributed by atoms with Gasteiger partial charge in [-0.15, -0.1) is 0 Å². The van der Waals surface area contributed by atoms with Crippen LogP contribution < -0.4 is 10.2 Å². The van der Waals surface area contributed by atoms with Crippen LogP contribution in [-0.4, -0.2) is 31.7 Å². The van der Waals surface area contributed by atoms with Crippen LogP contribution in [0.2, 0.25) is 0 Å². The van der Waals surface area contributed by atoms with Crippen molar-refractivity contribution in [3.63, 3.8) is 0 Å². The summed E-state index contributed by atoms with van der Waals surface area (Å²) in [7, 11) is 2.11. The summed E-state index contributed by atoms with van der Waals surface area (Å²) < 4.78 is 0. The van der Waals surface area contributed by atoms with Gasteiger partial charge in [-0.25, -0.2) is 4.98 Å². The number of fused-ring (bicyclic) bond motifs is 1. The number of likely N-dealkylation sites (N-methyl/N-ethyl adjacent to an activating group) is 1. The van der Waals surface area contributed by atoms with Gasteiger partial charge in [0.25, 0.3) is 0 Å². The monoisotopic (exact) mass is 257 g/mol. The van der Waals surface area contributed by atoms with Gasteiger partial charge in [0, 0.05) is 25.5 Å². The summed E-state index contributed by atoms with van der Waals surface area (Å²) in [5.41, 5.74) is 2.30. The summed E-state index contributed by atoms with van der Waals surface area (Å²) in [5.74, 6) is 1.08. The molecule has 2 aromatic rings. The Balaban J connectivity index is 2.12. The third-order valence-electron chi connectivity index (χ3n) is 3.30. The van der Waals surface area contributed by atoms with Crippen LogP contribution in [0.3, 0.4) is 0 Å². The number of anilines is 1. The van der Waals surface area contributed by atoms with Crippen LogP contribution in [0.1, 0.15) is 18.9 Å². The van der Waals surface area contributed by atoms with E-state index in [0.717, 1.165) is 31.0 Å². The number of nitrogens with one attached hydrogen (secondary N) is 1. The Hall–Kier alpha value is -1.61. The fourth-order valence-electron chi connectivity index (χ4n) is 2.25. The molecular formula is C16H23N3. The number of aromatic nitrogens is 1. The average Bonchev–Trinajstić information content (AvgIpc) is 2.42. The molecule has 0 fully saturated rings. The molecule has 1 heterocycles. The van der Waals surface area contributed by atoms with Gasteiger partial charge < -0.3 is 10.2 Å². The van der Waals surface area contributed by atoms with Crippen molar-refractivity contribution in [3.05, 3.63) is 35.9 Å². The highest BCUT2D eigenvalue weighted by atomic mass is 15.2. The molecule has 0 aliphatic heterocycles. The molecule has 19 heavy (non-hydrogen) atoms. The van der Waals surface area contributed by atoms with E-state index in [1.54, 1.807) is 0 Å². The minimum Gasteiger partial charge on any atom is -0.358 e. The van der Waals surface area contributed by atoms with Crippen LogP contribution in [0, 0.1) is 6.92 Å². The van der Waals surface area contributed by atoms with E-state index >= 15 is 0 Å². The van der Waals surface area contributed by atoms with Crippen molar-refractivity contribution in [2.45, 2.75) is 20.3 Å². The Labute approximate surface area is 115 Å². The number of benzene rings is 1. The predicted octanol–water partition coefficient (Wildman–Crippen LogP) is 2.98. The van der Waals surface area contributed by atoms with Crippen LogP contribution in [0.25, 0.3) is 10.9 Å². The Morgan fingerprint density at radius 2 is 2.00 bits per heavy atom. The highest BCUT2D eigenvalue weighted by Gasteiger charge is 2.07. The zero-order chi connectivity index (χ0) is 13.7. The van der Waals surface area contributed by atoms with Crippen LogP contribution in [-0.2, 0) is 0 Å². The molecule has 0 saturated carbocycles. The maximum absolute atomic E-state index is 4.77. The molecule has 0 aliphatic rings.